The molecule has 17 heavy (non-hydrogen) atoms. The summed E-state index contributed by atoms with van der Waals surface area (Å²) in [6.07, 6.45) is 0.926. The molecule has 1 unspecified atom stereocenters. The molecule has 5 heteroatoms. The van der Waals surface area contributed by atoms with Crippen LogP contribution in [0.3, 0.4) is 0 Å². The van der Waals surface area contributed by atoms with Crippen molar-refractivity contribution in [1.29, 1.82) is 5.26 Å². The normalized spacial score (nSPS) is 11.0. The molecule has 0 aliphatic carbocycles. The number of nitrogens with zero attached hydrogens (tertiary/aromatic N) is 2. The van der Waals surface area contributed by atoms with Crippen LogP contribution in [0, 0.1) is 11.3 Å². The van der Waals surface area contributed by atoms with Gasteiger partial charge in [0.25, 0.3) is 0 Å². The van der Waals surface area contributed by atoms with Crippen LogP contribution in [0.25, 0.3) is 0 Å². The second-order valence-electron chi connectivity index (χ2n) is 3.87. The molecule has 96 valence electrons. The monoisotopic (exact) mass is 275 g/mol. The van der Waals surface area contributed by atoms with Gasteiger partial charge in [-0.3, -0.25) is 0 Å². The minimum absolute atomic E-state index is 0. The van der Waals surface area contributed by atoms with E-state index in [1.165, 1.54) is 5.56 Å². The van der Waals surface area contributed by atoms with Gasteiger partial charge in [0, 0.05) is 12.6 Å². The summed E-state index contributed by atoms with van der Waals surface area (Å²) in [5.74, 6) is 0. The van der Waals surface area contributed by atoms with Crippen LogP contribution < -0.4 is 5.73 Å². The highest BCUT2D eigenvalue weighted by molar-refractivity contribution is 5.85. The average Bonchev–Trinajstić information content (AvgIpc) is 2.26. The standard InChI is InChI=1S/C12H17N3.2ClH/c1-15(2)12(9-14)7-10-3-5-11(8-13)6-4-10;;/h3-6,12H,7,9,14H2,1-2H3;2*1H. The molecule has 0 spiro atoms. The van der Waals surface area contributed by atoms with Crippen LogP contribution in [-0.2, 0) is 6.42 Å². The lowest BCUT2D eigenvalue weighted by Gasteiger charge is -2.22. The number of likely N-dealkylation sites (N-methyl/N-ethyl adjacent to an activating group) is 1. The van der Waals surface area contributed by atoms with Crippen LogP contribution in [0.1, 0.15) is 11.1 Å². The molecular weight excluding hydrogens is 257 g/mol. The van der Waals surface area contributed by atoms with Gasteiger partial charge in [-0.05, 0) is 38.2 Å². The molecule has 0 fully saturated rings. The van der Waals surface area contributed by atoms with Gasteiger partial charge < -0.3 is 10.6 Å². The first-order valence-electron chi connectivity index (χ1n) is 5.03. The second kappa shape index (κ2) is 9.26. The van der Waals surface area contributed by atoms with Crippen molar-refractivity contribution in [3.05, 3.63) is 35.4 Å². The van der Waals surface area contributed by atoms with Crippen molar-refractivity contribution in [1.82, 2.24) is 4.90 Å². The van der Waals surface area contributed by atoms with Crippen LogP contribution in [0.5, 0.6) is 0 Å². The molecule has 0 amide bonds. The van der Waals surface area contributed by atoms with Crippen molar-refractivity contribution < 1.29 is 0 Å². The fourth-order valence-electron chi connectivity index (χ4n) is 1.46. The summed E-state index contributed by atoms with van der Waals surface area (Å²) in [6.45, 7) is 0.646. The van der Waals surface area contributed by atoms with Crippen molar-refractivity contribution >= 4 is 24.8 Å². The first-order valence-corrected chi connectivity index (χ1v) is 5.03. The summed E-state index contributed by atoms with van der Waals surface area (Å²) in [6, 6.07) is 10.1. The zero-order valence-electron chi connectivity index (χ0n) is 10.1. The number of hydrogen-bond acceptors (Lipinski definition) is 3. The van der Waals surface area contributed by atoms with Gasteiger partial charge in [-0.25, -0.2) is 0 Å². The third kappa shape index (κ3) is 5.90. The summed E-state index contributed by atoms with van der Waals surface area (Å²) < 4.78 is 0. The molecule has 0 aliphatic heterocycles. The van der Waals surface area contributed by atoms with Gasteiger partial charge in [-0.15, -0.1) is 24.8 Å². The number of halogens is 2. The molecule has 0 heterocycles. The molecule has 2 N–H and O–H groups in total. The molecule has 3 nitrogen and oxygen atoms in total. The molecule has 0 aromatic heterocycles. The van der Waals surface area contributed by atoms with Gasteiger partial charge in [0.05, 0.1) is 11.6 Å². The Morgan fingerprint density at radius 1 is 1.24 bits per heavy atom. The summed E-state index contributed by atoms with van der Waals surface area (Å²) >= 11 is 0. The minimum atomic E-state index is 0. The highest BCUT2D eigenvalue weighted by Crippen LogP contribution is 2.08. The maximum absolute atomic E-state index is 8.67. The molecule has 1 aromatic carbocycles. The van der Waals surface area contributed by atoms with E-state index in [1.807, 2.05) is 38.4 Å². The van der Waals surface area contributed by atoms with E-state index in [2.05, 4.69) is 11.0 Å². The van der Waals surface area contributed by atoms with Crippen molar-refractivity contribution in [2.45, 2.75) is 12.5 Å². The van der Waals surface area contributed by atoms with E-state index in [-0.39, 0.29) is 24.8 Å². The van der Waals surface area contributed by atoms with Crippen LogP contribution in [0.2, 0.25) is 0 Å². The molecular formula is C12H19Cl2N3. The maximum atomic E-state index is 8.67. The Bertz CT molecular complexity index is 344. The molecule has 1 rings (SSSR count). The predicted molar refractivity (Wildman–Crippen MR) is 75.9 cm³/mol. The number of nitriles is 1. The molecule has 1 aromatic rings. The molecule has 0 radical (unpaired) electrons. The quantitative estimate of drug-likeness (QED) is 0.912. The van der Waals surface area contributed by atoms with Gasteiger partial charge >= 0.3 is 0 Å². The van der Waals surface area contributed by atoms with E-state index in [9.17, 15) is 0 Å². The SMILES string of the molecule is CN(C)C(CN)Cc1ccc(C#N)cc1.Cl.Cl. The van der Waals surface area contributed by atoms with Gasteiger partial charge in [-0.1, -0.05) is 12.1 Å². The Labute approximate surface area is 115 Å². The van der Waals surface area contributed by atoms with Crippen molar-refractivity contribution in [3.8, 4) is 6.07 Å². The topological polar surface area (TPSA) is 53.0 Å². The highest BCUT2D eigenvalue weighted by Gasteiger charge is 2.09. The Balaban J connectivity index is 0. The van der Waals surface area contributed by atoms with Crippen molar-refractivity contribution in [3.63, 3.8) is 0 Å². The number of benzene rings is 1. The summed E-state index contributed by atoms with van der Waals surface area (Å²) in [5.41, 5.74) is 7.61. The van der Waals surface area contributed by atoms with Gasteiger partial charge in [-0.2, -0.15) is 5.26 Å². The summed E-state index contributed by atoms with van der Waals surface area (Å²) in [5, 5.41) is 8.67. The van der Waals surface area contributed by atoms with Crippen LogP contribution in [0.4, 0.5) is 0 Å². The van der Waals surface area contributed by atoms with Crippen LogP contribution in [0.15, 0.2) is 24.3 Å². The Morgan fingerprint density at radius 3 is 2.12 bits per heavy atom. The summed E-state index contributed by atoms with van der Waals surface area (Å²) in [4.78, 5) is 2.12. The highest BCUT2D eigenvalue weighted by atomic mass is 35.5. The molecule has 0 saturated carbocycles. The Morgan fingerprint density at radius 2 is 1.76 bits per heavy atom. The van der Waals surface area contributed by atoms with Crippen LogP contribution >= 0.6 is 24.8 Å². The van der Waals surface area contributed by atoms with Gasteiger partial charge in [0.1, 0.15) is 0 Å². The predicted octanol–water partition coefficient (Wildman–Crippen LogP) is 1.83. The third-order valence-corrected chi connectivity index (χ3v) is 2.56. The third-order valence-electron chi connectivity index (χ3n) is 2.56. The second-order valence-corrected chi connectivity index (χ2v) is 3.87. The smallest absolute Gasteiger partial charge is 0.0991 e. The molecule has 1 atom stereocenters. The van der Waals surface area contributed by atoms with E-state index in [0.717, 1.165) is 6.42 Å². The average molecular weight is 276 g/mol. The molecule has 0 saturated heterocycles. The molecule has 0 bridgehead atoms. The first kappa shape index (κ1) is 18.6. The fourth-order valence-corrected chi connectivity index (χ4v) is 1.46. The minimum Gasteiger partial charge on any atom is -0.329 e. The Hall–Kier alpha value is -0.790. The summed E-state index contributed by atoms with van der Waals surface area (Å²) in [7, 11) is 4.06. The first-order chi connectivity index (χ1) is 7.17. The largest absolute Gasteiger partial charge is 0.329 e. The van der Waals surface area contributed by atoms with Crippen molar-refractivity contribution in [2.75, 3.05) is 20.6 Å². The number of hydrogen-bond donors (Lipinski definition) is 1. The van der Waals surface area contributed by atoms with Gasteiger partial charge in [0.2, 0.25) is 0 Å². The van der Waals surface area contributed by atoms with Crippen molar-refractivity contribution in [2.24, 2.45) is 5.73 Å². The zero-order valence-corrected chi connectivity index (χ0v) is 11.7. The number of rotatable bonds is 4. The lowest BCUT2D eigenvalue weighted by atomic mass is 10.0. The lowest BCUT2D eigenvalue weighted by molar-refractivity contribution is 0.298. The van der Waals surface area contributed by atoms with E-state index >= 15 is 0 Å². The zero-order chi connectivity index (χ0) is 11.3. The molecule has 0 aliphatic rings. The number of nitrogens with two attached hydrogens (primary N) is 1. The van der Waals surface area contributed by atoms with E-state index in [1.54, 1.807) is 0 Å². The van der Waals surface area contributed by atoms with E-state index in [4.69, 9.17) is 11.0 Å². The maximum Gasteiger partial charge on any atom is 0.0991 e. The van der Waals surface area contributed by atoms with E-state index < -0.39 is 0 Å². The lowest BCUT2D eigenvalue weighted by Crippen LogP contribution is -2.36. The van der Waals surface area contributed by atoms with Gasteiger partial charge in [0.15, 0.2) is 0 Å². The van der Waals surface area contributed by atoms with E-state index in [0.29, 0.717) is 18.2 Å². The Kier molecular flexibility index (Phi) is 10.1. The van der Waals surface area contributed by atoms with Crippen LogP contribution in [-0.4, -0.2) is 31.6 Å². The fraction of sp³-hybridized carbons (Fsp3) is 0.417.